The summed E-state index contributed by atoms with van der Waals surface area (Å²) in [7, 11) is 0. The minimum atomic E-state index is -2.10. The molecule has 204 valence electrons. The van der Waals surface area contributed by atoms with Crippen LogP contribution in [0.4, 0.5) is 4.39 Å². The van der Waals surface area contributed by atoms with E-state index in [0.717, 1.165) is 61.8 Å². The average Bonchev–Trinajstić information content (AvgIpc) is 2.92. The molecule has 0 spiro atoms. The Morgan fingerprint density at radius 2 is 1.76 bits per heavy atom. The zero-order valence-electron chi connectivity index (χ0n) is 22.6. The lowest BCUT2D eigenvalue weighted by Gasteiger charge is -2.35. The number of aliphatic carboxylic acids is 1. The molecule has 1 aliphatic carbocycles. The number of alkyl halides is 1. The second-order valence-electron chi connectivity index (χ2n) is 10.8. The van der Waals surface area contributed by atoms with Crippen molar-refractivity contribution in [3.05, 3.63) is 53.1 Å². The quantitative estimate of drug-likeness (QED) is 0.233. The molecule has 3 rings (SSSR count). The van der Waals surface area contributed by atoms with Crippen LogP contribution in [0.2, 0.25) is 5.02 Å². The fourth-order valence-electron chi connectivity index (χ4n) is 5.60. The monoisotopic (exact) mass is 530 g/mol. The van der Waals surface area contributed by atoms with Crippen LogP contribution >= 0.6 is 11.6 Å². The van der Waals surface area contributed by atoms with Gasteiger partial charge in [-0.05, 0) is 73.3 Å². The number of carboxylic acids is 1. The normalized spacial score (nSPS) is 16.8. The summed E-state index contributed by atoms with van der Waals surface area (Å²) in [5.74, 6) is -0.843. The third-order valence-electron chi connectivity index (χ3n) is 8.09. The maximum absolute atomic E-state index is 15.8. The van der Waals surface area contributed by atoms with Gasteiger partial charge in [-0.1, -0.05) is 101 Å². The standard InChI is InChI=1S/C32H44ClFO3/c1-3-5-6-10-21-37-30-20-19-27(22-29(30)33)26-17-15-25(16-18-26)14-13-24(4-2)23-32(34,31(35)36)28-11-8-7-9-12-28/h15-20,22,24,28H,3-14,21,23H2,1-2H3,(H,35,36)/t24?,32-/m0/s1. The number of rotatable bonds is 15. The Labute approximate surface area is 227 Å². The number of aryl methyl sites for hydroxylation is 1. The van der Waals surface area contributed by atoms with Crippen molar-refractivity contribution >= 4 is 17.6 Å². The molecule has 1 saturated carbocycles. The summed E-state index contributed by atoms with van der Waals surface area (Å²) >= 11 is 6.48. The first-order valence-electron chi connectivity index (χ1n) is 14.3. The van der Waals surface area contributed by atoms with E-state index < -0.39 is 11.6 Å². The Morgan fingerprint density at radius 3 is 2.38 bits per heavy atom. The lowest BCUT2D eigenvalue weighted by atomic mass is 9.73. The number of unbranched alkanes of at least 4 members (excludes halogenated alkanes) is 3. The van der Waals surface area contributed by atoms with Crippen molar-refractivity contribution < 1.29 is 19.0 Å². The van der Waals surface area contributed by atoms with Crippen LogP contribution < -0.4 is 4.74 Å². The van der Waals surface area contributed by atoms with Gasteiger partial charge in [0.15, 0.2) is 0 Å². The number of hydrogen-bond donors (Lipinski definition) is 1. The molecule has 0 aromatic heterocycles. The first-order chi connectivity index (χ1) is 17.9. The molecule has 2 aromatic carbocycles. The fourth-order valence-corrected chi connectivity index (χ4v) is 5.84. The highest BCUT2D eigenvalue weighted by atomic mass is 35.5. The molecule has 0 aliphatic heterocycles. The first kappa shape index (κ1) is 29.5. The molecule has 37 heavy (non-hydrogen) atoms. The van der Waals surface area contributed by atoms with E-state index in [1.165, 1.54) is 24.8 Å². The zero-order chi connectivity index (χ0) is 26.7. The summed E-state index contributed by atoms with van der Waals surface area (Å²) in [5, 5.41) is 10.4. The van der Waals surface area contributed by atoms with Gasteiger partial charge in [0.2, 0.25) is 5.67 Å². The molecular formula is C32H44ClFO3. The maximum atomic E-state index is 15.8. The van der Waals surface area contributed by atoms with E-state index in [9.17, 15) is 9.90 Å². The molecule has 1 aliphatic rings. The van der Waals surface area contributed by atoms with Crippen molar-refractivity contribution in [3.63, 3.8) is 0 Å². The largest absolute Gasteiger partial charge is 0.492 e. The lowest BCUT2D eigenvalue weighted by molar-refractivity contribution is -0.158. The van der Waals surface area contributed by atoms with Gasteiger partial charge in [-0.15, -0.1) is 0 Å². The lowest BCUT2D eigenvalue weighted by Crippen LogP contribution is -2.44. The average molecular weight is 531 g/mol. The van der Waals surface area contributed by atoms with E-state index in [1.807, 2.05) is 25.1 Å². The molecular weight excluding hydrogens is 487 g/mol. The first-order valence-corrected chi connectivity index (χ1v) is 14.7. The van der Waals surface area contributed by atoms with Crippen molar-refractivity contribution in [3.8, 4) is 16.9 Å². The molecule has 5 heteroatoms. The van der Waals surface area contributed by atoms with Gasteiger partial charge in [0, 0.05) is 5.92 Å². The summed E-state index contributed by atoms with van der Waals surface area (Å²) in [5.41, 5.74) is 1.20. The second-order valence-corrected chi connectivity index (χ2v) is 11.2. The molecule has 2 atom stereocenters. The molecule has 1 N–H and O–H groups in total. The molecule has 2 aromatic rings. The van der Waals surface area contributed by atoms with Crippen molar-refractivity contribution in [2.24, 2.45) is 11.8 Å². The Hall–Kier alpha value is -2.07. The van der Waals surface area contributed by atoms with Gasteiger partial charge in [-0.25, -0.2) is 9.18 Å². The van der Waals surface area contributed by atoms with Gasteiger partial charge < -0.3 is 9.84 Å². The second kappa shape index (κ2) is 14.8. The van der Waals surface area contributed by atoms with E-state index in [-0.39, 0.29) is 18.3 Å². The summed E-state index contributed by atoms with van der Waals surface area (Å²) in [6, 6.07) is 14.3. The van der Waals surface area contributed by atoms with Gasteiger partial charge in [-0.3, -0.25) is 0 Å². The number of carboxylic acid groups (broad SMARTS) is 1. The number of benzene rings is 2. The highest BCUT2D eigenvalue weighted by molar-refractivity contribution is 6.32. The van der Waals surface area contributed by atoms with Crippen LogP contribution in [0.1, 0.15) is 96.5 Å². The predicted molar refractivity (Wildman–Crippen MR) is 151 cm³/mol. The van der Waals surface area contributed by atoms with Crippen molar-refractivity contribution in [2.45, 2.75) is 103 Å². The topological polar surface area (TPSA) is 46.5 Å². The van der Waals surface area contributed by atoms with E-state index in [4.69, 9.17) is 16.3 Å². The van der Waals surface area contributed by atoms with Crippen LogP contribution in [0, 0.1) is 11.8 Å². The fraction of sp³-hybridized carbons (Fsp3) is 0.594. The van der Waals surface area contributed by atoms with E-state index in [2.05, 4.69) is 31.2 Å². The third kappa shape index (κ3) is 8.46. The van der Waals surface area contributed by atoms with E-state index >= 15 is 4.39 Å². The van der Waals surface area contributed by atoms with Gasteiger partial charge >= 0.3 is 5.97 Å². The number of carbonyl (C=O) groups is 1. The minimum Gasteiger partial charge on any atom is -0.492 e. The summed E-state index contributed by atoms with van der Waals surface area (Å²) < 4.78 is 21.6. The van der Waals surface area contributed by atoms with Crippen LogP contribution in [-0.4, -0.2) is 23.4 Å². The predicted octanol–water partition coefficient (Wildman–Crippen LogP) is 9.69. The smallest absolute Gasteiger partial charge is 0.341 e. The molecule has 1 fully saturated rings. The molecule has 0 amide bonds. The van der Waals surface area contributed by atoms with Gasteiger partial charge in [-0.2, -0.15) is 0 Å². The summed E-state index contributed by atoms with van der Waals surface area (Å²) in [6.45, 7) is 4.92. The summed E-state index contributed by atoms with van der Waals surface area (Å²) in [6.07, 6.45) is 11.5. The highest BCUT2D eigenvalue weighted by Crippen LogP contribution is 2.41. The number of ether oxygens (including phenoxy) is 1. The van der Waals surface area contributed by atoms with E-state index in [0.29, 0.717) is 24.5 Å². The van der Waals surface area contributed by atoms with Crippen molar-refractivity contribution in [1.82, 2.24) is 0 Å². The molecule has 0 heterocycles. The van der Waals surface area contributed by atoms with Gasteiger partial charge in [0.05, 0.1) is 11.6 Å². The Bertz CT molecular complexity index is 970. The Balaban J connectivity index is 1.56. The SMILES string of the molecule is CCCCCCOc1ccc(-c2ccc(CCC(CC)C[C@@](F)(C(=O)O)C3CCCCC3)cc2)cc1Cl. The van der Waals surface area contributed by atoms with Crippen LogP contribution in [0.5, 0.6) is 5.75 Å². The van der Waals surface area contributed by atoms with Crippen molar-refractivity contribution in [1.29, 1.82) is 0 Å². The molecule has 0 bridgehead atoms. The maximum Gasteiger partial charge on any atom is 0.341 e. The number of halogens is 2. The number of hydrogen-bond acceptors (Lipinski definition) is 2. The van der Waals surface area contributed by atoms with E-state index in [1.54, 1.807) is 0 Å². The van der Waals surface area contributed by atoms with Crippen LogP contribution in [0.15, 0.2) is 42.5 Å². The minimum absolute atomic E-state index is 0.0519. The van der Waals surface area contributed by atoms with Gasteiger partial charge in [0.25, 0.3) is 0 Å². The highest BCUT2D eigenvalue weighted by Gasteiger charge is 2.47. The van der Waals surface area contributed by atoms with Crippen LogP contribution in [0.25, 0.3) is 11.1 Å². The Kier molecular flexibility index (Phi) is 11.8. The molecule has 0 saturated heterocycles. The molecule has 1 unspecified atom stereocenters. The zero-order valence-corrected chi connectivity index (χ0v) is 23.4. The molecule has 3 nitrogen and oxygen atoms in total. The van der Waals surface area contributed by atoms with Crippen LogP contribution in [0.3, 0.4) is 0 Å². The third-order valence-corrected chi connectivity index (χ3v) is 8.38. The van der Waals surface area contributed by atoms with Crippen molar-refractivity contribution in [2.75, 3.05) is 6.61 Å². The molecule has 0 radical (unpaired) electrons. The summed E-state index contributed by atoms with van der Waals surface area (Å²) in [4.78, 5) is 12.0. The van der Waals surface area contributed by atoms with Crippen LogP contribution in [-0.2, 0) is 11.2 Å². The van der Waals surface area contributed by atoms with Gasteiger partial charge in [0.1, 0.15) is 5.75 Å². The Morgan fingerprint density at radius 1 is 1.05 bits per heavy atom.